The van der Waals surface area contributed by atoms with Crippen molar-refractivity contribution in [2.75, 3.05) is 30.4 Å². The van der Waals surface area contributed by atoms with Crippen molar-refractivity contribution >= 4 is 33.2 Å². The Balaban J connectivity index is 2.00. The molecule has 0 aliphatic rings. The fraction of sp³-hybridized carbons (Fsp3) is 0.130. The Bertz CT molecular complexity index is 1310. The van der Waals surface area contributed by atoms with Gasteiger partial charge in [-0.2, -0.15) is 0 Å². The standard InChI is InChI=1S/C23H22FN3O6S/c1-32-20-12-11-17(13-21(20)33-2)34(30,31)27(16-9-7-15(24)8-10-16)14-22(28)26-19-6-4-3-5-18(19)23(25)29/h3-13H,14H2,1-2H3,(H2,25,29)(H,26,28). The second-order valence-electron chi connectivity index (χ2n) is 6.96. The fourth-order valence-electron chi connectivity index (χ4n) is 3.15. The number of anilines is 2. The third kappa shape index (κ3) is 5.26. The molecule has 178 valence electrons. The van der Waals surface area contributed by atoms with E-state index in [2.05, 4.69) is 5.32 Å². The van der Waals surface area contributed by atoms with E-state index in [1.54, 1.807) is 12.1 Å². The first-order chi connectivity index (χ1) is 16.2. The molecule has 11 heteroatoms. The van der Waals surface area contributed by atoms with Gasteiger partial charge >= 0.3 is 0 Å². The number of nitrogens with zero attached hydrogens (tertiary/aromatic N) is 1. The lowest BCUT2D eigenvalue weighted by Crippen LogP contribution is -2.38. The summed E-state index contributed by atoms with van der Waals surface area (Å²) in [5, 5.41) is 2.50. The predicted octanol–water partition coefficient (Wildman–Crippen LogP) is 2.78. The summed E-state index contributed by atoms with van der Waals surface area (Å²) in [4.78, 5) is 24.3. The van der Waals surface area contributed by atoms with Crippen LogP contribution in [-0.2, 0) is 14.8 Å². The molecule has 2 amide bonds. The maximum Gasteiger partial charge on any atom is 0.264 e. The summed E-state index contributed by atoms with van der Waals surface area (Å²) in [6, 6.07) is 14.6. The van der Waals surface area contributed by atoms with E-state index in [0.29, 0.717) is 5.75 Å². The highest BCUT2D eigenvalue weighted by molar-refractivity contribution is 7.92. The van der Waals surface area contributed by atoms with Crippen LogP contribution in [0.3, 0.4) is 0 Å². The SMILES string of the molecule is COc1ccc(S(=O)(=O)N(CC(=O)Nc2ccccc2C(N)=O)c2ccc(F)cc2)cc1OC. The van der Waals surface area contributed by atoms with Crippen molar-refractivity contribution in [2.24, 2.45) is 5.73 Å². The molecule has 0 aromatic heterocycles. The minimum Gasteiger partial charge on any atom is -0.493 e. The number of primary amides is 1. The third-order valence-electron chi connectivity index (χ3n) is 4.81. The number of carbonyl (C=O) groups is 2. The highest BCUT2D eigenvalue weighted by Crippen LogP contribution is 2.32. The molecule has 0 aliphatic carbocycles. The van der Waals surface area contributed by atoms with Crippen LogP contribution < -0.4 is 24.8 Å². The number of para-hydroxylation sites is 1. The molecule has 3 aromatic rings. The van der Waals surface area contributed by atoms with Crippen LogP contribution in [0.2, 0.25) is 0 Å². The van der Waals surface area contributed by atoms with Crippen molar-refractivity contribution in [2.45, 2.75) is 4.90 Å². The number of nitrogens with two attached hydrogens (primary N) is 1. The number of methoxy groups -OCH3 is 2. The maximum atomic E-state index is 13.5. The topological polar surface area (TPSA) is 128 Å². The second kappa shape index (κ2) is 10.2. The van der Waals surface area contributed by atoms with Crippen molar-refractivity contribution < 1.29 is 31.9 Å². The number of ether oxygens (including phenoxy) is 2. The van der Waals surface area contributed by atoms with Gasteiger partial charge in [0.2, 0.25) is 5.91 Å². The third-order valence-corrected chi connectivity index (χ3v) is 6.58. The first-order valence-corrected chi connectivity index (χ1v) is 11.3. The van der Waals surface area contributed by atoms with Crippen LogP contribution in [0, 0.1) is 5.82 Å². The number of hydrogen-bond donors (Lipinski definition) is 2. The highest BCUT2D eigenvalue weighted by atomic mass is 32.2. The zero-order valence-electron chi connectivity index (χ0n) is 18.3. The number of benzene rings is 3. The first kappa shape index (κ1) is 24.5. The van der Waals surface area contributed by atoms with Gasteiger partial charge in [-0.05, 0) is 48.5 Å². The van der Waals surface area contributed by atoms with Crippen LogP contribution in [0.4, 0.5) is 15.8 Å². The van der Waals surface area contributed by atoms with Crippen LogP contribution in [0.25, 0.3) is 0 Å². The van der Waals surface area contributed by atoms with Gasteiger partial charge < -0.3 is 20.5 Å². The minimum atomic E-state index is -4.32. The predicted molar refractivity (Wildman–Crippen MR) is 124 cm³/mol. The van der Waals surface area contributed by atoms with Crippen LogP contribution in [-0.4, -0.2) is 41.0 Å². The molecule has 0 atom stereocenters. The molecule has 0 heterocycles. The Morgan fingerprint density at radius 3 is 2.24 bits per heavy atom. The maximum absolute atomic E-state index is 13.5. The average molecular weight is 488 g/mol. The van der Waals surface area contributed by atoms with Gasteiger partial charge in [0.15, 0.2) is 11.5 Å². The molecule has 0 aliphatic heterocycles. The molecule has 0 spiro atoms. The Hall–Kier alpha value is -4.12. The molecule has 0 saturated heterocycles. The van der Waals surface area contributed by atoms with E-state index in [0.717, 1.165) is 16.4 Å². The summed E-state index contributed by atoms with van der Waals surface area (Å²) < 4.78 is 51.7. The molecular weight excluding hydrogens is 465 g/mol. The molecule has 3 rings (SSSR count). The van der Waals surface area contributed by atoms with E-state index in [1.165, 1.54) is 56.7 Å². The lowest BCUT2D eigenvalue weighted by Gasteiger charge is -2.24. The number of nitrogens with one attached hydrogen (secondary N) is 1. The van der Waals surface area contributed by atoms with Gasteiger partial charge in [-0.3, -0.25) is 13.9 Å². The lowest BCUT2D eigenvalue weighted by molar-refractivity contribution is -0.114. The monoisotopic (exact) mass is 487 g/mol. The van der Waals surface area contributed by atoms with Crippen LogP contribution in [0.1, 0.15) is 10.4 Å². The van der Waals surface area contributed by atoms with Crippen molar-refractivity contribution in [1.29, 1.82) is 0 Å². The molecule has 0 radical (unpaired) electrons. The lowest BCUT2D eigenvalue weighted by atomic mass is 10.1. The minimum absolute atomic E-state index is 0.0505. The number of rotatable bonds is 9. The number of hydrogen-bond acceptors (Lipinski definition) is 6. The molecule has 0 saturated carbocycles. The van der Waals surface area contributed by atoms with E-state index >= 15 is 0 Å². The van der Waals surface area contributed by atoms with E-state index in [9.17, 15) is 22.4 Å². The Kier molecular flexibility index (Phi) is 7.37. The molecule has 9 nitrogen and oxygen atoms in total. The van der Waals surface area contributed by atoms with E-state index in [1.807, 2.05) is 0 Å². The summed E-state index contributed by atoms with van der Waals surface area (Å²) in [5.74, 6) is -1.60. The van der Waals surface area contributed by atoms with Crippen LogP contribution in [0.15, 0.2) is 71.6 Å². The zero-order chi connectivity index (χ0) is 24.9. The smallest absolute Gasteiger partial charge is 0.264 e. The average Bonchev–Trinajstić information content (AvgIpc) is 2.82. The molecule has 3 N–H and O–H groups in total. The van der Waals surface area contributed by atoms with Crippen molar-refractivity contribution in [1.82, 2.24) is 0 Å². The van der Waals surface area contributed by atoms with Gasteiger partial charge in [0.1, 0.15) is 12.4 Å². The fourth-order valence-corrected chi connectivity index (χ4v) is 4.59. The van der Waals surface area contributed by atoms with Crippen molar-refractivity contribution in [3.05, 3.63) is 78.1 Å². The van der Waals surface area contributed by atoms with E-state index < -0.39 is 34.2 Å². The number of sulfonamides is 1. The number of amides is 2. The highest BCUT2D eigenvalue weighted by Gasteiger charge is 2.29. The molecular formula is C23H22FN3O6S. The molecule has 3 aromatic carbocycles. The molecule has 34 heavy (non-hydrogen) atoms. The summed E-state index contributed by atoms with van der Waals surface area (Å²) in [5.41, 5.74) is 5.58. The Morgan fingerprint density at radius 1 is 0.971 bits per heavy atom. The van der Waals surface area contributed by atoms with E-state index in [-0.39, 0.29) is 27.6 Å². The molecule has 0 bridgehead atoms. The second-order valence-corrected chi connectivity index (χ2v) is 8.83. The summed E-state index contributed by atoms with van der Waals surface area (Å²) in [6.07, 6.45) is 0. The number of halogens is 1. The largest absolute Gasteiger partial charge is 0.493 e. The van der Waals surface area contributed by atoms with Gasteiger partial charge in [-0.1, -0.05) is 12.1 Å². The van der Waals surface area contributed by atoms with Crippen molar-refractivity contribution in [3.63, 3.8) is 0 Å². The summed E-state index contributed by atoms with van der Waals surface area (Å²) in [7, 11) is -1.55. The van der Waals surface area contributed by atoms with Gasteiger partial charge in [-0.15, -0.1) is 0 Å². The molecule has 0 fully saturated rings. The number of carbonyl (C=O) groups excluding carboxylic acids is 2. The van der Waals surface area contributed by atoms with Gasteiger partial charge in [0.25, 0.3) is 15.9 Å². The normalized spacial score (nSPS) is 10.9. The zero-order valence-corrected chi connectivity index (χ0v) is 19.1. The Labute approximate surface area is 195 Å². The van der Waals surface area contributed by atoms with Crippen molar-refractivity contribution in [3.8, 4) is 11.5 Å². The van der Waals surface area contributed by atoms with E-state index in [4.69, 9.17) is 15.2 Å². The molecule has 0 unspecified atom stereocenters. The summed E-state index contributed by atoms with van der Waals surface area (Å²) in [6.45, 7) is -0.671. The summed E-state index contributed by atoms with van der Waals surface area (Å²) >= 11 is 0. The van der Waals surface area contributed by atoms with Crippen LogP contribution in [0.5, 0.6) is 11.5 Å². The van der Waals surface area contributed by atoms with Crippen LogP contribution >= 0.6 is 0 Å². The Morgan fingerprint density at radius 2 is 1.62 bits per heavy atom. The first-order valence-electron chi connectivity index (χ1n) is 9.86. The van der Waals surface area contributed by atoms with Gasteiger partial charge in [0, 0.05) is 6.07 Å². The quantitative estimate of drug-likeness (QED) is 0.478. The van der Waals surface area contributed by atoms with Gasteiger partial charge in [-0.25, -0.2) is 12.8 Å². The van der Waals surface area contributed by atoms with Gasteiger partial charge in [0.05, 0.1) is 36.1 Å².